The van der Waals surface area contributed by atoms with Crippen LogP contribution in [0.3, 0.4) is 0 Å². The van der Waals surface area contributed by atoms with E-state index in [1.807, 2.05) is 0 Å². The van der Waals surface area contributed by atoms with Crippen molar-refractivity contribution < 1.29 is 0 Å². The topological polar surface area (TPSA) is 6.48 Å². The molecule has 0 aromatic heterocycles. The van der Waals surface area contributed by atoms with Crippen LogP contribution in [0.2, 0.25) is 0 Å². The zero-order chi connectivity index (χ0) is 28.3. The van der Waals surface area contributed by atoms with Crippen LogP contribution in [0.25, 0.3) is 0 Å². The van der Waals surface area contributed by atoms with Gasteiger partial charge in [0.25, 0.3) is 0 Å². The van der Waals surface area contributed by atoms with Crippen LogP contribution in [0.1, 0.15) is 90.2 Å². The first-order chi connectivity index (χ1) is 19.0. The summed E-state index contributed by atoms with van der Waals surface area (Å²) in [4.78, 5) is 5.04. The zero-order valence-electron chi connectivity index (χ0n) is 24.7. The number of benzene rings is 2. The molecule has 0 amide bonds. The molecule has 0 saturated heterocycles. The van der Waals surface area contributed by atoms with E-state index in [9.17, 15) is 0 Å². The molecule has 0 N–H and O–H groups in total. The fraction of sp³-hybridized carbons (Fsp3) is 0.562. The molecule has 0 spiro atoms. The van der Waals surface area contributed by atoms with Crippen LogP contribution in [0.5, 0.6) is 0 Å². The van der Waals surface area contributed by atoms with Crippen LogP contribution >= 0.6 is 42.3 Å². The van der Waals surface area contributed by atoms with Gasteiger partial charge >= 0.3 is 262 Å². The first kappa shape index (κ1) is 34.9. The number of thiocarbonyl (C=S) groups is 2. The molecule has 0 aliphatic rings. The predicted molar refractivity (Wildman–Crippen MR) is 189 cm³/mol. The monoisotopic (exact) mass is 710 g/mol. The Bertz CT molecular complexity index is 848. The number of hydrogen-bond donors (Lipinski definition) is 0. The maximum absolute atomic E-state index is 6.31. The summed E-state index contributed by atoms with van der Waals surface area (Å²) in [6, 6.07) is 22.2. The van der Waals surface area contributed by atoms with Gasteiger partial charge in [-0.25, -0.2) is 0 Å². The number of hydrogen-bond acceptors (Lipinski definition) is 4. The Balaban J connectivity index is 2.49. The van der Waals surface area contributed by atoms with E-state index in [2.05, 4.69) is 116 Å². The van der Waals surface area contributed by atoms with Crippen LogP contribution in [0.15, 0.2) is 60.7 Å². The molecule has 0 saturated carbocycles. The van der Waals surface area contributed by atoms with E-state index in [0.717, 1.165) is 43.7 Å². The Morgan fingerprint density at radius 3 is 1.15 bits per heavy atom. The summed E-state index contributed by atoms with van der Waals surface area (Å²) in [5, 5.41) is 0. The van der Waals surface area contributed by atoms with Gasteiger partial charge in [-0.3, -0.25) is 0 Å². The van der Waals surface area contributed by atoms with Crippen molar-refractivity contribution in [3.63, 3.8) is 0 Å². The summed E-state index contributed by atoms with van der Waals surface area (Å²) in [6.45, 7) is 13.4. The zero-order valence-corrected chi connectivity index (χ0v) is 30.8. The third kappa shape index (κ3) is 13.5. The second-order valence-electron chi connectivity index (χ2n) is 10.4. The molecule has 0 unspecified atom stereocenters. The van der Waals surface area contributed by atoms with Gasteiger partial charge < -0.3 is 0 Å². The fourth-order valence-corrected chi connectivity index (χ4v) is 39.2. The minimum absolute atomic E-state index is 1.06. The summed E-state index contributed by atoms with van der Waals surface area (Å²) in [5.74, 6) is 0. The Morgan fingerprint density at radius 2 is 0.872 bits per heavy atom. The number of rotatable bonds is 18. The Kier molecular flexibility index (Phi) is 18.4. The van der Waals surface area contributed by atoms with E-state index in [-0.39, 0.29) is 0 Å². The third-order valence-electron chi connectivity index (χ3n) is 6.82. The van der Waals surface area contributed by atoms with Gasteiger partial charge in [0.2, 0.25) is 0 Å². The molecule has 0 heterocycles. The number of nitrogens with zero attached hydrogens (tertiary/aromatic N) is 2. The quantitative estimate of drug-likeness (QED) is 0.112. The standard InChI is InChI=1S/2C9H19NS2.2C7H7.Sn/c2*1-3-5-7-10(9(11)12)8-6-4-2;2*1-7-5-3-2-4-6-7;/h2*3-8H2,1-2H3,(H,11,12);2*2-6H,1H2;/q;;;;+2/p-2. The Labute approximate surface area is 260 Å². The van der Waals surface area contributed by atoms with Gasteiger partial charge in [-0.05, 0) is 0 Å². The molecule has 0 aliphatic heterocycles. The second-order valence-corrected chi connectivity index (χ2v) is 35.8. The van der Waals surface area contributed by atoms with Gasteiger partial charge in [0.15, 0.2) is 0 Å². The SMILES string of the molecule is CCCCN(CCCC)C(=S)[S][Sn]([CH2]c1ccccc1)([CH2]c1ccccc1)[S]C(=S)N(CCCC)CCCC. The third-order valence-corrected chi connectivity index (χ3v) is 34.3. The van der Waals surface area contributed by atoms with E-state index in [1.54, 1.807) is 0 Å². The van der Waals surface area contributed by atoms with E-state index in [0.29, 0.717) is 0 Å². The average molecular weight is 710 g/mol. The van der Waals surface area contributed by atoms with Gasteiger partial charge in [-0.1, -0.05) is 0 Å². The Hall–Kier alpha value is -0.281. The second kappa shape index (κ2) is 20.6. The van der Waals surface area contributed by atoms with E-state index in [4.69, 9.17) is 24.4 Å². The molecule has 0 atom stereocenters. The molecule has 216 valence electrons. The van der Waals surface area contributed by atoms with Crippen molar-refractivity contribution in [2.24, 2.45) is 0 Å². The summed E-state index contributed by atoms with van der Waals surface area (Å²) in [5.41, 5.74) is 2.86. The van der Waals surface area contributed by atoms with Crippen LogP contribution < -0.4 is 0 Å². The van der Waals surface area contributed by atoms with E-state index < -0.39 is 15.6 Å². The van der Waals surface area contributed by atoms with Crippen molar-refractivity contribution in [3.05, 3.63) is 71.8 Å². The van der Waals surface area contributed by atoms with Gasteiger partial charge in [-0.2, -0.15) is 0 Å². The molecule has 2 rings (SSSR count). The molecular formula is C32H50N2S4Sn. The predicted octanol–water partition coefficient (Wildman–Crippen LogP) is 9.83. The van der Waals surface area contributed by atoms with Crippen molar-refractivity contribution in [3.8, 4) is 0 Å². The Morgan fingerprint density at radius 1 is 0.564 bits per heavy atom. The average Bonchev–Trinajstić information content (AvgIpc) is 2.94. The van der Waals surface area contributed by atoms with Crippen molar-refractivity contribution in [2.75, 3.05) is 26.2 Å². The van der Waals surface area contributed by atoms with Gasteiger partial charge in [0, 0.05) is 0 Å². The summed E-state index contributed by atoms with van der Waals surface area (Å²) < 4.78 is 4.46. The van der Waals surface area contributed by atoms with Crippen molar-refractivity contribution in [1.82, 2.24) is 9.80 Å². The van der Waals surface area contributed by atoms with Crippen molar-refractivity contribution in [2.45, 2.75) is 87.9 Å². The van der Waals surface area contributed by atoms with Crippen molar-refractivity contribution >= 4 is 66.6 Å². The summed E-state index contributed by atoms with van der Waals surface area (Å²) in [6.07, 6.45) is 9.55. The van der Waals surface area contributed by atoms with Crippen LogP contribution in [-0.4, -0.2) is 60.2 Å². The molecule has 0 fully saturated rings. The molecule has 2 aromatic rings. The van der Waals surface area contributed by atoms with Gasteiger partial charge in [0.1, 0.15) is 0 Å². The summed E-state index contributed by atoms with van der Waals surface area (Å²) in [7, 11) is 4.20. The first-order valence-electron chi connectivity index (χ1n) is 15.0. The molecule has 7 heteroatoms. The van der Waals surface area contributed by atoms with E-state index >= 15 is 0 Å². The molecule has 0 bridgehead atoms. The summed E-state index contributed by atoms with van der Waals surface area (Å²) >= 11 is 9.39. The van der Waals surface area contributed by atoms with Gasteiger partial charge in [0.05, 0.1) is 0 Å². The molecule has 0 aliphatic carbocycles. The van der Waals surface area contributed by atoms with E-state index in [1.165, 1.54) is 62.5 Å². The van der Waals surface area contributed by atoms with Crippen molar-refractivity contribution in [1.29, 1.82) is 0 Å². The molecule has 39 heavy (non-hydrogen) atoms. The molecule has 2 aromatic carbocycles. The molecular weight excluding hydrogens is 659 g/mol. The normalized spacial score (nSPS) is 11.4. The number of unbranched alkanes of at least 4 members (excludes halogenated alkanes) is 4. The maximum atomic E-state index is 6.31. The first-order valence-corrected chi connectivity index (χ1v) is 28.5. The molecule has 2 nitrogen and oxygen atoms in total. The fourth-order valence-electron chi connectivity index (χ4n) is 4.47. The molecule has 0 radical (unpaired) electrons. The van der Waals surface area contributed by atoms with Crippen LogP contribution in [0, 0.1) is 0 Å². The van der Waals surface area contributed by atoms with Crippen LogP contribution in [0.4, 0.5) is 0 Å². The van der Waals surface area contributed by atoms with Crippen LogP contribution in [-0.2, 0) is 8.87 Å². The minimum atomic E-state index is -3.24. The van der Waals surface area contributed by atoms with Gasteiger partial charge in [-0.15, -0.1) is 0 Å².